The van der Waals surface area contributed by atoms with E-state index in [0.29, 0.717) is 23.4 Å². The third-order valence-corrected chi connectivity index (χ3v) is 2.15. The van der Waals surface area contributed by atoms with E-state index < -0.39 is 5.97 Å². The Labute approximate surface area is 93.0 Å². The number of rotatable bonds is 4. The van der Waals surface area contributed by atoms with Gasteiger partial charge in [0.2, 0.25) is 0 Å². The highest BCUT2D eigenvalue weighted by molar-refractivity contribution is 6.31. The number of aldehydes is 1. The fraction of sp³-hybridized carbons (Fsp3) is 0.273. The predicted molar refractivity (Wildman–Crippen MR) is 57.2 cm³/mol. The molecule has 0 spiro atoms. The van der Waals surface area contributed by atoms with Crippen molar-refractivity contribution in [2.45, 2.75) is 12.8 Å². The Hall–Kier alpha value is -1.35. The summed E-state index contributed by atoms with van der Waals surface area (Å²) in [6, 6.07) is 4.95. The Morgan fingerprint density at radius 1 is 1.47 bits per heavy atom. The van der Waals surface area contributed by atoms with Crippen molar-refractivity contribution in [2.75, 3.05) is 7.11 Å². The Kier molecular flexibility index (Phi) is 4.31. The number of hydrogen-bond donors (Lipinski definition) is 0. The molecule has 0 N–H and O–H groups in total. The van der Waals surface area contributed by atoms with E-state index in [4.69, 9.17) is 11.6 Å². The lowest BCUT2D eigenvalue weighted by Crippen LogP contribution is -2.02. The van der Waals surface area contributed by atoms with Crippen LogP contribution in [0.2, 0.25) is 5.02 Å². The van der Waals surface area contributed by atoms with Crippen LogP contribution in [0.3, 0.4) is 0 Å². The average Bonchev–Trinajstić information content (AvgIpc) is 2.24. The molecule has 0 aromatic heterocycles. The summed E-state index contributed by atoms with van der Waals surface area (Å²) in [7, 11) is 1.31. The number of carbonyl (C=O) groups is 2. The lowest BCUT2D eigenvalue weighted by atomic mass is 10.1. The van der Waals surface area contributed by atoms with Crippen molar-refractivity contribution in [3.8, 4) is 0 Å². The maximum atomic E-state index is 11.2. The zero-order valence-corrected chi connectivity index (χ0v) is 9.08. The molecule has 0 bridgehead atoms. The largest absolute Gasteiger partial charge is 0.465 e. The smallest absolute Gasteiger partial charge is 0.337 e. The SMILES string of the molecule is COC(=O)c1cc(Cl)cc(CCC=O)c1. The van der Waals surface area contributed by atoms with Crippen LogP contribution >= 0.6 is 11.6 Å². The fourth-order valence-electron chi connectivity index (χ4n) is 1.26. The molecule has 80 valence electrons. The van der Waals surface area contributed by atoms with Crippen LogP contribution in [0.25, 0.3) is 0 Å². The first kappa shape index (κ1) is 11.7. The van der Waals surface area contributed by atoms with Gasteiger partial charge in [-0.3, -0.25) is 0 Å². The zero-order valence-electron chi connectivity index (χ0n) is 8.33. The predicted octanol–water partition coefficient (Wildman–Crippen LogP) is 2.26. The van der Waals surface area contributed by atoms with Crippen LogP contribution in [0.1, 0.15) is 22.3 Å². The molecular weight excluding hydrogens is 216 g/mol. The van der Waals surface area contributed by atoms with Crippen molar-refractivity contribution in [2.24, 2.45) is 0 Å². The van der Waals surface area contributed by atoms with E-state index >= 15 is 0 Å². The molecule has 0 saturated heterocycles. The van der Waals surface area contributed by atoms with Gasteiger partial charge < -0.3 is 9.53 Å². The summed E-state index contributed by atoms with van der Waals surface area (Å²) < 4.78 is 4.58. The summed E-state index contributed by atoms with van der Waals surface area (Å²) in [5, 5.41) is 0.471. The summed E-state index contributed by atoms with van der Waals surface area (Å²) >= 11 is 5.83. The van der Waals surface area contributed by atoms with Gasteiger partial charge in [-0.05, 0) is 30.2 Å². The van der Waals surface area contributed by atoms with Gasteiger partial charge in [-0.1, -0.05) is 11.6 Å². The van der Waals surface area contributed by atoms with Crippen LogP contribution in [0.5, 0.6) is 0 Å². The minimum Gasteiger partial charge on any atom is -0.465 e. The zero-order chi connectivity index (χ0) is 11.3. The van der Waals surface area contributed by atoms with Gasteiger partial charge in [-0.25, -0.2) is 4.79 Å². The number of benzene rings is 1. The van der Waals surface area contributed by atoms with Crippen LogP contribution in [0, 0.1) is 0 Å². The highest BCUT2D eigenvalue weighted by Gasteiger charge is 2.07. The van der Waals surface area contributed by atoms with Gasteiger partial charge in [0.1, 0.15) is 6.29 Å². The van der Waals surface area contributed by atoms with E-state index in [0.717, 1.165) is 11.8 Å². The second-order valence-electron chi connectivity index (χ2n) is 3.05. The maximum Gasteiger partial charge on any atom is 0.337 e. The second-order valence-corrected chi connectivity index (χ2v) is 3.48. The molecular formula is C11H11ClO3. The lowest BCUT2D eigenvalue weighted by molar-refractivity contribution is -0.107. The van der Waals surface area contributed by atoms with Crippen molar-refractivity contribution in [3.05, 3.63) is 34.3 Å². The van der Waals surface area contributed by atoms with Crippen LogP contribution < -0.4 is 0 Å². The van der Waals surface area contributed by atoms with E-state index in [-0.39, 0.29) is 0 Å². The Morgan fingerprint density at radius 3 is 2.80 bits per heavy atom. The number of carbonyl (C=O) groups excluding carboxylic acids is 2. The molecule has 0 radical (unpaired) electrons. The Morgan fingerprint density at radius 2 is 2.20 bits per heavy atom. The molecule has 0 saturated carbocycles. The van der Waals surface area contributed by atoms with E-state index in [1.807, 2.05) is 0 Å². The summed E-state index contributed by atoms with van der Waals surface area (Å²) in [6.45, 7) is 0. The van der Waals surface area contributed by atoms with Gasteiger partial charge in [0.15, 0.2) is 0 Å². The molecule has 3 nitrogen and oxygen atoms in total. The molecule has 0 amide bonds. The number of ether oxygens (including phenoxy) is 1. The van der Waals surface area contributed by atoms with Crippen molar-refractivity contribution in [3.63, 3.8) is 0 Å². The molecule has 1 aromatic carbocycles. The average molecular weight is 227 g/mol. The monoisotopic (exact) mass is 226 g/mol. The highest BCUT2D eigenvalue weighted by Crippen LogP contribution is 2.16. The van der Waals surface area contributed by atoms with Crippen LogP contribution in [0.15, 0.2) is 18.2 Å². The molecule has 1 rings (SSSR count). The first-order chi connectivity index (χ1) is 7.17. The third-order valence-electron chi connectivity index (χ3n) is 1.93. The van der Waals surface area contributed by atoms with Crippen LogP contribution in [0.4, 0.5) is 0 Å². The van der Waals surface area contributed by atoms with E-state index in [9.17, 15) is 9.59 Å². The first-order valence-electron chi connectivity index (χ1n) is 4.49. The molecule has 0 heterocycles. The molecule has 0 aliphatic rings. The fourth-order valence-corrected chi connectivity index (χ4v) is 1.51. The topological polar surface area (TPSA) is 43.4 Å². The number of methoxy groups -OCH3 is 1. The van der Waals surface area contributed by atoms with Crippen molar-refractivity contribution in [1.29, 1.82) is 0 Å². The molecule has 15 heavy (non-hydrogen) atoms. The minimum absolute atomic E-state index is 0.408. The highest BCUT2D eigenvalue weighted by atomic mass is 35.5. The van der Waals surface area contributed by atoms with Gasteiger partial charge in [-0.15, -0.1) is 0 Å². The molecule has 0 aliphatic heterocycles. The molecule has 4 heteroatoms. The molecule has 1 aromatic rings. The number of halogens is 1. The summed E-state index contributed by atoms with van der Waals surface area (Å²) in [4.78, 5) is 21.5. The summed E-state index contributed by atoms with van der Waals surface area (Å²) in [5.74, 6) is -0.426. The Balaban J connectivity index is 2.94. The van der Waals surface area contributed by atoms with E-state index in [2.05, 4.69) is 4.74 Å². The Bertz CT molecular complexity index is 374. The van der Waals surface area contributed by atoms with Gasteiger partial charge in [0, 0.05) is 11.4 Å². The number of esters is 1. The summed E-state index contributed by atoms with van der Waals surface area (Å²) in [6.07, 6.45) is 1.83. The quantitative estimate of drug-likeness (QED) is 0.584. The van der Waals surface area contributed by atoms with Gasteiger partial charge in [0.25, 0.3) is 0 Å². The molecule has 0 unspecified atom stereocenters. The van der Waals surface area contributed by atoms with Crippen molar-refractivity contribution < 1.29 is 14.3 Å². The lowest BCUT2D eigenvalue weighted by Gasteiger charge is -2.03. The number of hydrogen-bond acceptors (Lipinski definition) is 3. The van der Waals surface area contributed by atoms with Gasteiger partial charge >= 0.3 is 5.97 Å². The molecule has 0 aliphatic carbocycles. The van der Waals surface area contributed by atoms with Gasteiger partial charge in [0.05, 0.1) is 12.7 Å². The normalized spacial score (nSPS) is 9.73. The van der Waals surface area contributed by atoms with Gasteiger partial charge in [-0.2, -0.15) is 0 Å². The van der Waals surface area contributed by atoms with Crippen LogP contribution in [-0.4, -0.2) is 19.4 Å². The van der Waals surface area contributed by atoms with E-state index in [1.165, 1.54) is 13.2 Å². The minimum atomic E-state index is -0.426. The summed E-state index contributed by atoms with van der Waals surface area (Å²) in [5.41, 5.74) is 1.26. The standard InChI is InChI=1S/C11H11ClO3/c1-15-11(14)9-5-8(3-2-4-13)6-10(12)7-9/h4-7H,2-3H2,1H3. The van der Waals surface area contributed by atoms with Crippen molar-refractivity contribution in [1.82, 2.24) is 0 Å². The first-order valence-corrected chi connectivity index (χ1v) is 4.86. The van der Waals surface area contributed by atoms with Crippen molar-refractivity contribution >= 4 is 23.9 Å². The maximum absolute atomic E-state index is 11.2. The molecule has 0 atom stereocenters. The third kappa shape index (κ3) is 3.36. The van der Waals surface area contributed by atoms with Crippen LogP contribution in [-0.2, 0) is 16.0 Å². The van der Waals surface area contributed by atoms with E-state index in [1.54, 1.807) is 12.1 Å². The number of aryl methyl sites for hydroxylation is 1. The molecule has 0 fully saturated rings. The second kappa shape index (κ2) is 5.51.